The topological polar surface area (TPSA) is 26.3 Å². The first-order chi connectivity index (χ1) is 12.2. The second-order valence-electron chi connectivity index (χ2n) is 6.13. The highest BCUT2D eigenvalue weighted by Crippen LogP contribution is 2.22. The van der Waals surface area contributed by atoms with Crippen LogP contribution in [0, 0.1) is 0 Å². The molecule has 0 aliphatic rings. The first-order valence-electron chi connectivity index (χ1n) is 9.20. The summed E-state index contributed by atoms with van der Waals surface area (Å²) in [7, 11) is 0. The third-order valence-corrected chi connectivity index (χ3v) is 4.44. The van der Waals surface area contributed by atoms with Crippen LogP contribution >= 0.6 is 0 Å². The highest BCUT2D eigenvalue weighted by Gasteiger charge is 2.16. The predicted molar refractivity (Wildman–Crippen MR) is 103 cm³/mol. The third kappa shape index (κ3) is 6.22. The fourth-order valence-corrected chi connectivity index (χ4v) is 3.04. The molecule has 0 unspecified atom stereocenters. The molecule has 2 aromatic rings. The molecular formula is C23H28O2. The number of hydrogen-bond acceptors (Lipinski definition) is 2. The molecule has 0 fully saturated rings. The van der Waals surface area contributed by atoms with E-state index in [0.717, 1.165) is 37.7 Å². The van der Waals surface area contributed by atoms with Crippen molar-refractivity contribution in [1.29, 1.82) is 0 Å². The normalized spacial score (nSPS) is 11.8. The summed E-state index contributed by atoms with van der Waals surface area (Å²) in [5.41, 5.74) is 4.64. The summed E-state index contributed by atoms with van der Waals surface area (Å²) in [6, 6.07) is 20.8. The summed E-state index contributed by atoms with van der Waals surface area (Å²) < 4.78 is 5.33. The number of allylic oxidation sites excluding steroid dienone is 1. The summed E-state index contributed by atoms with van der Waals surface area (Å²) in [6.07, 6.45) is 4.35. The highest BCUT2D eigenvalue weighted by atomic mass is 16.5. The van der Waals surface area contributed by atoms with Gasteiger partial charge in [0.1, 0.15) is 0 Å². The second kappa shape index (κ2) is 10.5. The Kier molecular flexibility index (Phi) is 7.97. The van der Waals surface area contributed by atoms with Crippen molar-refractivity contribution in [2.45, 2.75) is 46.0 Å². The maximum Gasteiger partial charge on any atom is 0.333 e. The molecule has 0 aromatic heterocycles. The van der Waals surface area contributed by atoms with E-state index in [0.29, 0.717) is 6.61 Å². The Morgan fingerprint density at radius 3 is 1.80 bits per heavy atom. The van der Waals surface area contributed by atoms with Crippen molar-refractivity contribution in [1.82, 2.24) is 0 Å². The lowest BCUT2D eigenvalue weighted by Crippen LogP contribution is -2.12. The Balaban J connectivity index is 2.13. The number of benzene rings is 2. The largest absolute Gasteiger partial charge is 0.463 e. The Morgan fingerprint density at radius 1 is 0.800 bits per heavy atom. The van der Waals surface area contributed by atoms with Gasteiger partial charge >= 0.3 is 5.97 Å². The lowest BCUT2D eigenvalue weighted by atomic mass is 9.94. The number of hydrogen-bond donors (Lipinski definition) is 0. The highest BCUT2D eigenvalue weighted by molar-refractivity contribution is 5.89. The van der Waals surface area contributed by atoms with Gasteiger partial charge in [0.25, 0.3) is 0 Å². The van der Waals surface area contributed by atoms with E-state index in [4.69, 9.17) is 4.74 Å². The molecule has 2 aromatic carbocycles. The minimum absolute atomic E-state index is 0.150. The lowest BCUT2D eigenvalue weighted by molar-refractivity contribution is -0.138. The van der Waals surface area contributed by atoms with Crippen LogP contribution < -0.4 is 0 Å². The molecule has 25 heavy (non-hydrogen) atoms. The first-order valence-corrected chi connectivity index (χ1v) is 9.20. The second-order valence-corrected chi connectivity index (χ2v) is 6.13. The summed E-state index contributed by atoms with van der Waals surface area (Å²) in [5.74, 6) is -0.150. The van der Waals surface area contributed by atoms with Crippen molar-refractivity contribution in [2.24, 2.45) is 0 Å². The molecule has 0 heterocycles. The van der Waals surface area contributed by atoms with Crippen LogP contribution in [0.5, 0.6) is 0 Å². The molecule has 2 rings (SSSR count). The monoisotopic (exact) mass is 336 g/mol. The molecule has 0 aliphatic carbocycles. The molecule has 0 radical (unpaired) electrons. The smallest absolute Gasteiger partial charge is 0.333 e. The van der Waals surface area contributed by atoms with Crippen LogP contribution in [0.15, 0.2) is 71.8 Å². The number of carbonyl (C=O) groups is 1. The van der Waals surface area contributed by atoms with Gasteiger partial charge in [-0.3, -0.25) is 0 Å². The van der Waals surface area contributed by atoms with Gasteiger partial charge in [0.15, 0.2) is 0 Å². The van der Waals surface area contributed by atoms with Gasteiger partial charge in [-0.1, -0.05) is 73.2 Å². The first kappa shape index (κ1) is 19.0. The molecule has 0 aliphatic heterocycles. The Bertz CT molecular complexity index is 672. The Labute approximate surface area is 151 Å². The van der Waals surface area contributed by atoms with Gasteiger partial charge in [-0.2, -0.15) is 0 Å². The van der Waals surface area contributed by atoms with Crippen LogP contribution in [0.1, 0.15) is 44.2 Å². The molecule has 0 N–H and O–H groups in total. The van der Waals surface area contributed by atoms with Crippen molar-refractivity contribution >= 4 is 5.97 Å². The molecule has 0 atom stereocenters. The maximum atomic E-state index is 12.5. The number of rotatable bonds is 9. The zero-order valence-electron chi connectivity index (χ0n) is 15.3. The SMILES string of the molecule is CCOC(=O)C(CCc1ccccc1)=C(CC)CCc1ccccc1. The number of ether oxygens (including phenoxy) is 1. The summed E-state index contributed by atoms with van der Waals surface area (Å²) in [4.78, 5) is 12.5. The van der Waals surface area contributed by atoms with E-state index in [9.17, 15) is 4.79 Å². The van der Waals surface area contributed by atoms with Gasteiger partial charge in [0.05, 0.1) is 6.61 Å². The molecule has 0 bridgehead atoms. The van der Waals surface area contributed by atoms with E-state index in [1.54, 1.807) is 0 Å². The Hall–Kier alpha value is -2.35. The zero-order valence-corrected chi connectivity index (χ0v) is 15.3. The van der Waals surface area contributed by atoms with E-state index in [-0.39, 0.29) is 5.97 Å². The molecule has 0 saturated heterocycles. The van der Waals surface area contributed by atoms with Crippen LogP contribution in [-0.4, -0.2) is 12.6 Å². The van der Waals surface area contributed by atoms with Gasteiger partial charge in [0.2, 0.25) is 0 Å². The number of carbonyl (C=O) groups excluding carboxylic acids is 1. The minimum Gasteiger partial charge on any atom is -0.463 e. The fourth-order valence-electron chi connectivity index (χ4n) is 3.04. The van der Waals surface area contributed by atoms with Gasteiger partial charge in [0, 0.05) is 5.57 Å². The van der Waals surface area contributed by atoms with Crippen LogP contribution in [0.3, 0.4) is 0 Å². The van der Waals surface area contributed by atoms with Crippen LogP contribution in [0.4, 0.5) is 0 Å². The fraction of sp³-hybridized carbons (Fsp3) is 0.348. The van der Waals surface area contributed by atoms with E-state index in [1.807, 2.05) is 31.2 Å². The van der Waals surface area contributed by atoms with Gasteiger partial charge < -0.3 is 4.74 Å². The standard InChI is InChI=1S/C23H28O2/c1-3-21(17-15-19-11-7-5-8-12-19)22(23(24)25-4-2)18-16-20-13-9-6-10-14-20/h5-14H,3-4,15-18H2,1-2H3. The van der Waals surface area contributed by atoms with Crippen molar-refractivity contribution in [3.8, 4) is 0 Å². The molecule has 0 spiro atoms. The minimum atomic E-state index is -0.150. The number of aryl methyl sites for hydroxylation is 2. The quantitative estimate of drug-likeness (QED) is 0.445. The van der Waals surface area contributed by atoms with Crippen molar-refractivity contribution in [3.63, 3.8) is 0 Å². The predicted octanol–water partition coefficient (Wildman–Crippen LogP) is 5.52. The maximum absolute atomic E-state index is 12.5. The molecule has 132 valence electrons. The van der Waals surface area contributed by atoms with E-state index < -0.39 is 0 Å². The average Bonchev–Trinajstić information content (AvgIpc) is 2.66. The lowest BCUT2D eigenvalue weighted by Gasteiger charge is -2.14. The summed E-state index contributed by atoms with van der Waals surface area (Å²) >= 11 is 0. The van der Waals surface area contributed by atoms with Crippen LogP contribution in [-0.2, 0) is 22.4 Å². The molecular weight excluding hydrogens is 308 g/mol. The van der Waals surface area contributed by atoms with Gasteiger partial charge in [-0.05, 0) is 50.2 Å². The summed E-state index contributed by atoms with van der Waals surface area (Å²) in [6.45, 7) is 4.41. The molecule has 2 nitrogen and oxygen atoms in total. The Morgan fingerprint density at radius 2 is 1.32 bits per heavy atom. The number of esters is 1. The van der Waals surface area contributed by atoms with E-state index >= 15 is 0 Å². The zero-order chi connectivity index (χ0) is 17.9. The summed E-state index contributed by atoms with van der Waals surface area (Å²) in [5, 5.41) is 0. The average molecular weight is 336 g/mol. The van der Waals surface area contributed by atoms with Crippen LogP contribution in [0.25, 0.3) is 0 Å². The molecule has 0 saturated carbocycles. The van der Waals surface area contributed by atoms with E-state index in [1.165, 1.54) is 16.7 Å². The van der Waals surface area contributed by atoms with Gasteiger partial charge in [-0.25, -0.2) is 4.79 Å². The van der Waals surface area contributed by atoms with Crippen molar-refractivity contribution in [2.75, 3.05) is 6.61 Å². The van der Waals surface area contributed by atoms with E-state index in [2.05, 4.69) is 43.3 Å². The molecule has 0 amide bonds. The van der Waals surface area contributed by atoms with Crippen LogP contribution in [0.2, 0.25) is 0 Å². The van der Waals surface area contributed by atoms with Crippen molar-refractivity contribution in [3.05, 3.63) is 82.9 Å². The molecule has 2 heteroatoms. The third-order valence-electron chi connectivity index (χ3n) is 4.44. The van der Waals surface area contributed by atoms with Crippen molar-refractivity contribution < 1.29 is 9.53 Å². The van der Waals surface area contributed by atoms with Gasteiger partial charge in [-0.15, -0.1) is 0 Å².